The number of carbonyl (C=O) groups is 1. The van der Waals surface area contributed by atoms with Crippen LogP contribution in [0.4, 0.5) is 10.5 Å². The smallest absolute Gasteiger partial charge is 0.411 e. The SMILES string of the molecule is CC1(C)[C@H]2CC[C@]1(C)[C@H](OC(=O)Nc1ccc(Cl)c(Cl)c1)C2. The van der Waals surface area contributed by atoms with Gasteiger partial charge in [0.2, 0.25) is 0 Å². The van der Waals surface area contributed by atoms with Gasteiger partial charge in [-0.25, -0.2) is 4.79 Å². The first-order chi connectivity index (χ1) is 10.2. The Morgan fingerprint density at radius 1 is 1.27 bits per heavy atom. The molecule has 2 aliphatic carbocycles. The van der Waals surface area contributed by atoms with Crippen LogP contribution in [0.3, 0.4) is 0 Å². The predicted molar refractivity (Wildman–Crippen MR) is 89.6 cm³/mol. The van der Waals surface area contributed by atoms with Crippen molar-refractivity contribution in [1.82, 2.24) is 0 Å². The first kappa shape index (κ1) is 15.9. The number of rotatable bonds is 2. The van der Waals surface area contributed by atoms with Crippen molar-refractivity contribution in [1.29, 1.82) is 0 Å². The van der Waals surface area contributed by atoms with Gasteiger partial charge < -0.3 is 4.74 Å². The van der Waals surface area contributed by atoms with Gasteiger partial charge in [0.15, 0.2) is 0 Å². The molecule has 0 spiro atoms. The summed E-state index contributed by atoms with van der Waals surface area (Å²) in [7, 11) is 0. The van der Waals surface area contributed by atoms with Gasteiger partial charge in [0, 0.05) is 11.1 Å². The van der Waals surface area contributed by atoms with Gasteiger partial charge in [-0.15, -0.1) is 0 Å². The Balaban J connectivity index is 1.67. The number of benzene rings is 1. The monoisotopic (exact) mass is 341 g/mol. The normalized spacial score (nSPS) is 32.0. The molecule has 3 nitrogen and oxygen atoms in total. The summed E-state index contributed by atoms with van der Waals surface area (Å²) in [6.45, 7) is 6.84. The lowest BCUT2D eigenvalue weighted by atomic mass is 9.70. The number of amides is 1. The molecule has 2 bridgehead atoms. The third kappa shape index (κ3) is 2.39. The molecule has 2 saturated carbocycles. The molecular weight excluding hydrogens is 321 g/mol. The molecule has 2 aliphatic rings. The number of carbonyl (C=O) groups excluding carboxylic acids is 1. The minimum Gasteiger partial charge on any atom is -0.445 e. The molecule has 120 valence electrons. The van der Waals surface area contributed by atoms with E-state index < -0.39 is 6.09 Å². The zero-order chi connectivity index (χ0) is 16.1. The molecule has 0 saturated heterocycles. The summed E-state index contributed by atoms with van der Waals surface area (Å²) in [6, 6.07) is 4.99. The van der Waals surface area contributed by atoms with Crippen LogP contribution >= 0.6 is 23.2 Å². The lowest BCUT2D eigenvalue weighted by Gasteiger charge is -2.38. The molecule has 3 rings (SSSR count). The maximum absolute atomic E-state index is 12.2. The molecule has 0 unspecified atom stereocenters. The van der Waals surface area contributed by atoms with Crippen LogP contribution in [0.2, 0.25) is 10.0 Å². The van der Waals surface area contributed by atoms with Gasteiger partial charge in [0.25, 0.3) is 0 Å². The molecule has 0 aromatic heterocycles. The lowest BCUT2D eigenvalue weighted by Crippen LogP contribution is -2.39. The van der Waals surface area contributed by atoms with E-state index in [0.717, 1.165) is 12.8 Å². The molecular formula is C17H21Cl2NO2. The molecule has 22 heavy (non-hydrogen) atoms. The van der Waals surface area contributed by atoms with Crippen LogP contribution in [0.5, 0.6) is 0 Å². The van der Waals surface area contributed by atoms with Crippen molar-refractivity contribution >= 4 is 35.0 Å². The Morgan fingerprint density at radius 3 is 2.55 bits per heavy atom. The standard InChI is InChI=1S/C17H21Cl2NO2/c1-16(2)10-6-7-17(16,3)14(8-10)22-15(21)20-11-4-5-12(18)13(19)9-11/h4-5,9-10,14H,6-8H2,1-3H3,(H,20,21)/t10-,14+,17+/m0/s1. The zero-order valence-corrected chi connectivity index (χ0v) is 14.6. The van der Waals surface area contributed by atoms with E-state index in [0.29, 0.717) is 21.7 Å². The summed E-state index contributed by atoms with van der Waals surface area (Å²) < 4.78 is 5.73. The predicted octanol–water partition coefficient (Wildman–Crippen LogP) is 5.76. The summed E-state index contributed by atoms with van der Waals surface area (Å²) in [6.07, 6.45) is 2.86. The molecule has 3 atom stereocenters. The quantitative estimate of drug-likeness (QED) is 0.742. The first-order valence-corrected chi connectivity index (χ1v) is 8.42. The number of anilines is 1. The van der Waals surface area contributed by atoms with E-state index in [4.69, 9.17) is 27.9 Å². The Kier molecular flexibility index (Phi) is 3.85. The molecule has 0 heterocycles. The molecule has 1 aromatic carbocycles. The number of hydrogen-bond acceptors (Lipinski definition) is 2. The second kappa shape index (κ2) is 5.31. The Bertz CT molecular complexity index is 617. The maximum atomic E-state index is 12.2. The first-order valence-electron chi connectivity index (χ1n) is 7.67. The Hall–Kier alpha value is -0.930. The Labute approximate surface area is 141 Å². The fourth-order valence-corrected chi connectivity index (χ4v) is 4.46. The van der Waals surface area contributed by atoms with Crippen molar-refractivity contribution in [3.8, 4) is 0 Å². The fourth-order valence-electron chi connectivity index (χ4n) is 4.16. The highest BCUT2D eigenvalue weighted by Gasteiger charge is 2.62. The second-order valence-electron chi connectivity index (χ2n) is 7.26. The topological polar surface area (TPSA) is 38.3 Å². The number of ether oxygens (including phenoxy) is 1. The van der Waals surface area contributed by atoms with Crippen molar-refractivity contribution in [3.05, 3.63) is 28.2 Å². The van der Waals surface area contributed by atoms with Gasteiger partial charge in [-0.05, 0) is 48.8 Å². The van der Waals surface area contributed by atoms with E-state index in [1.165, 1.54) is 6.42 Å². The van der Waals surface area contributed by atoms with Gasteiger partial charge in [-0.1, -0.05) is 44.0 Å². The van der Waals surface area contributed by atoms with Crippen molar-refractivity contribution in [2.45, 2.75) is 46.1 Å². The summed E-state index contributed by atoms with van der Waals surface area (Å²) in [5.74, 6) is 0.639. The Morgan fingerprint density at radius 2 is 2.00 bits per heavy atom. The van der Waals surface area contributed by atoms with Gasteiger partial charge in [-0.3, -0.25) is 5.32 Å². The molecule has 1 amide bonds. The molecule has 5 heteroatoms. The molecule has 1 aromatic rings. The van der Waals surface area contributed by atoms with E-state index in [1.54, 1.807) is 18.2 Å². The average Bonchev–Trinajstić information content (AvgIpc) is 2.76. The van der Waals surface area contributed by atoms with Crippen LogP contribution < -0.4 is 5.32 Å². The van der Waals surface area contributed by atoms with Gasteiger partial charge >= 0.3 is 6.09 Å². The van der Waals surface area contributed by atoms with Gasteiger partial charge in [-0.2, -0.15) is 0 Å². The summed E-state index contributed by atoms with van der Waals surface area (Å²) in [4.78, 5) is 12.2. The van der Waals surface area contributed by atoms with Crippen molar-refractivity contribution < 1.29 is 9.53 Å². The summed E-state index contributed by atoms with van der Waals surface area (Å²) in [5, 5.41) is 3.61. The van der Waals surface area contributed by atoms with Gasteiger partial charge in [0.1, 0.15) is 6.10 Å². The van der Waals surface area contributed by atoms with Crippen molar-refractivity contribution in [2.24, 2.45) is 16.7 Å². The zero-order valence-electron chi connectivity index (χ0n) is 13.1. The van der Waals surface area contributed by atoms with Crippen LogP contribution in [0.1, 0.15) is 40.0 Å². The largest absolute Gasteiger partial charge is 0.445 e. The summed E-state index contributed by atoms with van der Waals surface area (Å²) >= 11 is 11.8. The minimum atomic E-state index is -0.423. The van der Waals surface area contributed by atoms with Crippen molar-refractivity contribution in [3.63, 3.8) is 0 Å². The van der Waals surface area contributed by atoms with E-state index in [9.17, 15) is 4.79 Å². The minimum absolute atomic E-state index is 0.0241. The van der Waals surface area contributed by atoms with E-state index in [1.807, 2.05) is 0 Å². The van der Waals surface area contributed by atoms with E-state index in [2.05, 4.69) is 26.1 Å². The van der Waals surface area contributed by atoms with Crippen LogP contribution in [-0.4, -0.2) is 12.2 Å². The third-order valence-corrected chi connectivity index (χ3v) is 6.87. The highest BCUT2D eigenvalue weighted by Crippen LogP contribution is 2.66. The van der Waals surface area contributed by atoms with Crippen LogP contribution in [0, 0.1) is 16.7 Å². The van der Waals surface area contributed by atoms with Crippen LogP contribution in [0.25, 0.3) is 0 Å². The molecule has 2 fully saturated rings. The van der Waals surface area contributed by atoms with Crippen LogP contribution in [-0.2, 0) is 4.74 Å². The van der Waals surface area contributed by atoms with E-state index in [-0.39, 0.29) is 16.9 Å². The summed E-state index contributed by atoms with van der Waals surface area (Å²) in [5.41, 5.74) is 0.876. The lowest BCUT2D eigenvalue weighted by molar-refractivity contribution is 0.00148. The number of halogens is 2. The fraction of sp³-hybridized carbons (Fsp3) is 0.588. The van der Waals surface area contributed by atoms with E-state index >= 15 is 0 Å². The molecule has 1 N–H and O–H groups in total. The highest BCUT2D eigenvalue weighted by molar-refractivity contribution is 6.42. The third-order valence-electron chi connectivity index (χ3n) is 6.13. The average molecular weight is 342 g/mol. The number of hydrogen-bond donors (Lipinski definition) is 1. The molecule has 0 aliphatic heterocycles. The highest BCUT2D eigenvalue weighted by atomic mass is 35.5. The van der Waals surface area contributed by atoms with Crippen LogP contribution in [0.15, 0.2) is 18.2 Å². The van der Waals surface area contributed by atoms with Gasteiger partial charge in [0.05, 0.1) is 10.0 Å². The van der Waals surface area contributed by atoms with Crippen molar-refractivity contribution in [2.75, 3.05) is 5.32 Å². The number of fused-ring (bicyclic) bond motifs is 2. The maximum Gasteiger partial charge on any atom is 0.411 e. The number of nitrogens with one attached hydrogen (secondary N) is 1. The second-order valence-corrected chi connectivity index (χ2v) is 8.07. The molecule has 0 radical (unpaired) electrons.